The van der Waals surface area contributed by atoms with Gasteiger partial charge in [0.1, 0.15) is 5.75 Å². The van der Waals surface area contributed by atoms with Gasteiger partial charge in [-0.1, -0.05) is 6.92 Å². The molecule has 1 N–H and O–H groups in total. The van der Waals surface area contributed by atoms with Crippen molar-refractivity contribution in [1.29, 1.82) is 0 Å². The Hall–Kier alpha value is -1.51. The normalized spacial score (nSPS) is 9.69. The molecule has 1 aromatic carbocycles. The van der Waals surface area contributed by atoms with E-state index in [1.54, 1.807) is 12.1 Å². The van der Waals surface area contributed by atoms with Crippen molar-refractivity contribution in [3.63, 3.8) is 0 Å². The monoisotopic (exact) mass is 180 g/mol. The number of hydrogen-bond acceptors (Lipinski definition) is 3. The summed E-state index contributed by atoms with van der Waals surface area (Å²) in [7, 11) is 1.32. The van der Waals surface area contributed by atoms with Crippen LogP contribution in [0.25, 0.3) is 0 Å². The van der Waals surface area contributed by atoms with Gasteiger partial charge in [-0.3, -0.25) is 0 Å². The fraction of sp³-hybridized carbons (Fsp3) is 0.300. The topological polar surface area (TPSA) is 46.5 Å². The van der Waals surface area contributed by atoms with Crippen molar-refractivity contribution >= 4 is 5.97 Å². The number of phenolic OH excluding ortho intramolecular Hbond substituents is 1. The second-order valence-corrected chi connectivity index (χ2v) is 2.73. The average molecular weight is 180 g/mol. The molecule has 0 amide bonds. The van der Waals surface area contributed by atoms with Gasteiger partial charge in [-0.25, -0.2) is 4.79 Å². The molecule has 0 heterocycles. The summed E-state index contributed by atoms with van der Waals surface area (Å²) in [5, 5.41) is 9.26. The van der Waals surface area contributed by atoms with E-state index < -0.39 is 5.97 Å². The van der Waals surface area contributed by atoms with Crippen molar-refractivity contribution in [2.24, 2.45) is 0 Å². The van der Waals surface area contributed by atoms with E-state index >= 15 is 0 Å². The first-order valence-corrected chi connectivity index (χ1v) is 4.08. The van der Waals surface area contributed by atoms with Crippen LogP contribution in [0.2, 0.25) is 0 Å². The van der Waals surface area contributed by atoms with E-state index in [4.69, 9.17) is 0 Å². The van der Waals surface area contributed by atoms with E-state index in [-0.39, 0.29) is 5.75 Å². The van der Waals surface area contributed by atoms with Gasteiger partial charge in [-0.2, -0.15) is 0 Å². The lowest BCUT2D eigenvalue weighted by Crippen LogP contribution is -2.01. The molecule has 0 spiro atoms. The SMILES string of the molecule is CCc1cc(O)cc(C(=O)OC)c1. The lowest BCUT2D eigenvalue weighted by atomic mass is 10.1. The summed E-state index contributed by atoms with van der Waals surface area (Å²) < 4.78 is 4.54. The van der Waals surface area contributed by atoms with E-state index in [0.717, 1.165) is 12.0 Å². The predicted molar refractivity (Wildman–Crippen MR) is 48.8 cm³/mol. The van der Waals surface area contributed by atoms with Crippen LogP contribution in [0, 0.1) is 0 Å². The van der Waals surface area contributed by atoms with Crippen LogP contribution in [-0.2, 0) is 11.2 Å². The second kappa shape index (κ2) is 3.94. The minimum Gasteiger partial charge on any atom is -0.508 e. The number of rotatable bonds is 2. The molecule has 0 bridgehead atoms. The first kappa shape index (κ1) is 9.58. The molecule has 0 aliphatic heterocycles. The molecule has 13 heavy (non-hydrogen) atoms. The molecular formula is C10H12O3. The highest BCUT2D eigenvalue weighted by Gasteiger charge is 2.07. The third-order valence-corrected chi connectivity index (χ3v) is 1.81. The van der Waals surface area contributed by atoms with Gasteiger partial charge >= 0.3 is 5.97 Å². The third-order valence-electron chi connectivity index (χ3n) is 1.81. The molecule has 0 radical (unpaired) electrons. The molecular weight excluding hydrogens is 168 g/mol. The maximum absolute atomic E-state index is 11.1. The number of hydrogen-bond donors (Lipinski definition) is 1. The van der Waals surface area contributed by atoms with Crippen LogP contribution in [0.3, 0.4) is 0 Å². The molecule has 0 aromatic heterocycles. The highest BCUT2D eigenvalue weighted by molar-refractivity contribution is 5.90. The Kier molecular flexibility index (Phi) is 2.90. The minimum atomic E-state index is -0.425. The quantitative estimate of drug-likeness (QED) is 0.705. The number of esters is 1. The molecule has 0 aliphatic rings. The van der Waals surface area contributed by atoms with Gasteiger partial charge < -0.3 is 9.84 Å². The van der Waals surface area contributed by atoms with Crippen molar-refractivity contribution in [2.75, 3.05) is 7.11 Å². The molecule has 3 heteroatoms. The average Bonchev–Trinajstić information content (AvgIpc) is 2.15. The van der Waals surface area contributed by atoms with Crippen molar-refractivity contribution in [1.82, 2.24) is 0 Å². The number of aromatic hydroxyl groups is 1. The maximum Gasteiger partial charge on any atom is 0.337 e. The minimum absolute atomic E-state index is 0.0970. The van der Waals surface area contributed by atoms with Crippen molar-refractivity contribution in [2.45, 2.75) is 13.3 Å². The molecule has 0 unspecified atom stereocenters. The number of carbonyl (C=O) groups excluding carboxylic acids is 1. The number of ether oxygens (including phenoxy) is 1. The Morgan fingerprint density at radius 3 is 2.69 bits per heavy atom. The van der Waals surface area contributed by atoms with Crippen molar-refractivity contribution in [3.8, 4) is 5.75 Å². The van der Waals surface area contributed by atoms with E-state index in [1.807, 2.05) is 6.92 Å². The molecule has 0 fully saturated rings. The molecule has 0 saturated carbocycles. The first-order valence-electron chi connectivity index (χ1n) is 4.08. The highest BCUT2D eigenvalue weighted by atomic mass is 16.5. The van der Waals surface area contributed by atoms with Gasteiger partial charge in [0.05, 0.1) is 12.7 Å². The fourth-order valence-corrected chi connectivity index (χ4v) is 1.11. The largest absolute Gasteiger partial charge is 0.508 e. The Morgan fingerprint density at radius 1 is 1.46 bits per heavy atom. The third kappa shape index (κ3) is 2.21. The molecule has 0 aliphatic carbocycles. The van der Waals surface area contributed by atoms with E-state index in [0.29, 0.717) is 5.56 Å². The molecule has 70 valence electrons. The van der Waals surface area contributed by atoms with Crippen LogP contribution in [0.5, 0.6) is 5.75 Å². The van der Waals surface area contributed by atoms with Gasteiger partial charge in [0.15, 0.2) is 0 Å². The maximum atomic E-state index is 11.1. The highest BCUT2D eigenvalue weighted by Crippen LogP contribution is 2.16. The van der Waals surface area contributed by atoms with Crippen LogP contribution in [-0.4, -0.2) is 18.2 Å². The standard InChI is InChI=1S/C10H12O3/c1-3-7-4-8(10(12)13-2)6-9(11)5-7/h4-6,11H,3H2,1-2H3. The zero-order chi connectivity index (χ0) is 9.84. The van der Waals surface area contributed by atoms with Crippen molar-refractivity contribution in [3.05, 3.63) is 29.3 Å². The van der Waals surface area contributed by atoms with Gasteiger partial charge in [0, 0.05) is 0 Å². The lowest BCUT2D eigenvalue weighted by molar-refractivity contribution is 0.0600. The predicted octanol–water partition coefficient (Wildman–Crippen LogP) is 1.74. The lowest BCUT2D eigenvalue weighted by Gasteiger charge is -2.03. The molecule has 1 rings (SSSR count). The Bertz CT molecular complexity index is 318. The fourth-order valence-electron chi connectivity index (χ4n) is 1.11. The van der Waals surface area contributed by atoms with Crippen LogP contribution >= 0.6 is 0 Å². The zero-order valence-corrected chi connectivity index (χ0v) is 7.70. The summed E-state index contributed by atoms with van der Waals surface area (Å²) in [4.78, 5) is 11.1. The smallest absolute Gasteiger partial charge is 0.337 e. The van der Waals surface area contributed by atoms with Crippen LogP contribution in [0.15, 0.2) is 18.2 Å². The molecule has 0 atom stereocenters. The Labute approximate surface area is 77.0 Å². The summed E-state index contributed by atoms with van der Waals surface area (Å²) >= 11 is 0. The van der Waals surface area contributed by atoms with Crippen LogP contribution < -0.4 is 0 Å². The van der Waals surface area contributed by atoms with E-state index in [1.165, 1.54) is 13.2 Å². The van der Waals surface area contributed by atoms with Gasteiger partial charge in [0.25, 0.3) is 0 Å². The van der Waals surface area contributed by atoms with Gasteiger partial charge in [-0.05, 0) is 30.2 Å². The van der Waals surface area contributed by atoms with Gasteiger partial charge in [0.2, 0.25) is 0 Å². The summed E-state index contributed by atoms with van der Waals surface area (Å²) in [5.74, 6) is -0.328. The number of phenols is 1. The second-order valence-electron chi connectivity index (χ2n) is 2.73. The van der Waals surface area contributed by atoms with Crippen LogP contribution in [0.4, 0.5) is 0 Å². The molecule has 3 nitrogen and oxygen atoms in total. The zero-order valence-electron chi connectivity index (χ0n) is 7.70. The Morgan fingerprint density at radius 2 is 2.15 bits per heavy atom. The summed E-state index contributed by atoms with van der Waals surface area (Å²) in [5.41, 5.74) is 1.31. The summed E-state index contributed by atoms with van der Waals surface area (Å²) in [6, 6.07) is 4.74. The number of aryl methyl sites for hydroxylation is 1. The van der Waals surface area contributed by atoms with Crippen molar-refractivity contribution < 1.29 is 14.6 Å². The first-order chi connectivity index (χ1) is 6.17. The van der Waals surface area contributed by atoms with Crippen LogP contribution in [0.1, 0.15) is 22.8 Å². The summed E-state index contributed by atoms with van der Waals surface area (Å²) in [6.07, 6.45) is 0.776. The number of methoxy groups -OCH3 is 1. The molecule has 0 saturated heterocycles. The molecule has 1 aromatic rings. The Balaban J connectivity index is 3.08. The number of carbonyl (C=O) groups is 1. The summed E-state index contributed by atoms with van der Waals surface area (Å²) in [6.45, 7) is 1.95. The van der Waals surface area contributed by atoms with E-state index in [9.17, 15) is 9.90 Å². The van der Waals surface area contributed by atoms with Gasteiger partial charge in [-0.15, -0.1) is 0 Å². The van der Waals surface area contributed by atoms with E-state index in [2.05, 4.69) is 4.74 Å². The number of benzene rings is 1.